The van der Waals surface area contributed by atoms with Gasteiger partial charge >= 0.3 is 0 Å². The van der Waals surface area contributed by atoms with Crippen molar-refractivity contribution in [1.82, 2.24) is 4.98 Å². The van der Waals surface area contributed by atoms with Gasteiger partial charge in [-0.1, -0.05) is 0 Å². The van der Waals surface area contributed by atoms with Crippen LogP contribution in [-0.2, 0) is 6.54 Å². The first kappa shape index (κ1) is 8.90. The van der Waals surface area contributed by atoms with Gasteiger partial charge in [-0.3, -0.25) is 0 Å². The number of H-pyrrole nitrogens is 1. The Balaban J connectivity index is 2.55. The summed E-state index contributed by atoms with van der Waals surface area (Å²) in [5, 5.41) is 0. The van der Waals surface area contributed by atoms with Gasteiger partial charge in [-0.25, -0.2) is 0 Å². The minimum absolute atomic E-state index is 0.439. The van der Waals surface area contributed by atoms with E-state index in [4.69, 9.17) is 15.9 Å². The molecule has 0 aliphatic rings. The Kier molecular flexibility index (Phi) is 2.05. The molecule has 2 rings (SSSR count). The third-order valence-corrected chi connectivity index (χ3v) is 2.33. The van der Waals surface area contributed by atoms with Crippen LogP contribution >= 0.6 is 0 Å². The molecule has 0 aliphatic heterocycles. The van der Waals surface area contributed by atoms with E-state index < -0.39 is 0 Å². The third-order valence-electron chi connectivity index (χ3n) is 2.33. The van der Waals surface area contributed by atoms with Crippen molar-refractivity contribution in [2.75, 3.05) is 5.73 Å². The van der Waals surface area contributed by atoms with Gasteiger partial charge in [-0.2, -0.15) is 0 Å². The van der Waals surface area contributed by atoms with Gasteiger partial charge in [0.2, 0.25) is 0 Å². The Hall–Kier alpha value is -1.68. The zero-order valence-corrected chi connectivity index (χ0v) is 8.00. The van der Waals surface area contributed by atoms with Crippen molar-refractivity contribution < 1.29 is 4.42 Å². The molecule has 0 fully saturated rings. The zero-order valence-electron chi connectivity index (χ0n) is 8.00. The average molecular weight is 191 g/mol. The van der Waals surface area contributed by atoms with E-state index in [1.165, 1.54) is 0 Å². The summed E-state index contributed by atoms with van der Waals surface area (Å²) in [7, 11) is 0. The molecule has 5 N–H and O–H groups in total. The van der Waals surface area contributed by atoms with Gasteiger partial charge in [0.15, 0.2) is 5.76 Å². The summed E-state index contributed by atoms with van der Waals surface area (Å²) in [5.74, 6) is 0.741. The van der Waals surface area contributed by atoms with Crippen molar-refractivity contribution in [3.05, 3.63) is 29.7 Å². The molecule has 14 heavy (non-hydrogen) atoms. The molecule has 0 spiro atoms. The second-order valence-corrected chi connectivity index (χ2v) is 3.20. The molecule has 0 atom stereocenters. The zero-order chi connectivity index (χ0) is 10.1. The number of aryl methyl sites for hydroxylation is 1. The number of aromatic nitrogens is 1. The number of rotatable bonds is 2. The molecular weight excluding hydrogens is 178 g/mol. The number of hydrogen-bond donors (Lipinski definition) is 3. The van der Waals surface area contributed by atoms with Gasteiger partial charge in [-0.15, -0.1) is 0 Å². The number of aromatic amines is 1. The first-order valence-electron chi connectivity index (χ1n) is 4.45. The Labute approximate surface area is 81.9 Å². The van der Waals surface area contributed by atoms with Gasteiger partial charge in [0, 0.05) is 17.8 Å². The summed E-state index contributed by atoms with van der Waals surface area (Å²) in [6.07, 6.45) is 1.62. The Morgan fingerprint density at radius 2 is 2.29 bits per heavy atom. The Morgan fingerprint density at radius 3 is 2.79 bits per heavy atom. The lowest BCUT2D eigenvalue weighted by molar-refractivity contribution is 0.580. The first-order chi connectivity index (χ1) is 6.74. The second kappa shape index (κ2) is 3.23. The molecule has 4 nitrogen and oxygen atoms in total. The number of nitrogen functional groups attached to an aromatic ring is 1. The van der Waals surface area contributed by atoms with Gasteiger partial charge in [0.1, 0.15) is 5.69 Å². The molecule has 4 heteroatoms. The topological polar surface area (TPSA) is 81.0 Å². The second-order valence-electron chi connectivity index (χ2n) is 3.20. The van der Waals surface area contributed by atoms with E-state index in [-0.39, 0.29) is 0 Å². The van der Waals surface area contributed by atoms with Crippen molar-refractivity contribution in [3.8, 4) is 11.5 Å². The summed E-state index contributed by atoms with van der Waals surface area (Å²) in [5.41, 5.74) is 15.0. The predicted octanol–water partition coefficient (Wildman–Crippen LogP) is 1.62. The van der Waals surface area contributed by atoms with Crippen LogP contribution in [0.2, 0.25) is 0 Å². The van der Waals surface area contributed by atoms with E-state index in [1.807, 2.05) is 19.1 Å². The maximum Gasteiger partial charge on any atom is 0.152 e. The molecule has 0 saturated heterocycles. The predicted molar refractivity (Wildman–Crippen MR) is 55.5 cm³/mol. The van der Waals surface area contributed by atoms with Gasteiger partial charge in [0.25, 0.3) is 0 Å². The minimum Gasteiger partial charge on any atom is -0.463 e. The Bertz CT molecular complexity index is 428. The molecule has 2 heterocycles. The van der Waals surface area contributed by atoms with E-state index in [9.17, 15) is 0 Å². The van der Waals surface area contributed by atoms with E-state index >= 15 is 0 Å². The summed E-state index contributed by atoms with van der Waals surface area (Å²) >= 11 is 0. The number of hydrogen-bond acceptors (Lipinski definition) is 3. The molecule has 0 amide bonds. The molecule has 0 aromatic carbocycles. The Morgan fingerprint density at radius 1 is 1.50 bits per heavy atom. The van der Waals surface area contributed by atoms with Crippen molar-refractivity contribution >= 4 is 5.69 Å². The fraction of sp³-hybridized carbons (Fsp3) is 0.200. The van der Waals surface area contributed by atoms with E-state index in [2.05, 4.69) is 4.98 Å². The highest BCUT2D eigenvalue weighted by atomic mass is 16.3. The highest BCUT2D eigenvalue weighted by molar-refractivity contribution is 5.73. The maximum absolute atomic E-state index is 5.93. The van der Waals surface area contributed by atoms with Crippen LogP contribution in [0.4, 0.5) is 5.69 Å². The molecule has 0 unspecified atom stereocenters. The fourth-order valence-corrected chi connectivity index (χ4v) is 1.56. The van der Waals surface area contributed by atoms with Crippen LogP contribution in [0.1, 0.15) is 11.3 Å². The molecule has 2 aromatic rings. The van der Waals surface area contributed by atoms with Crippen LogP contribution < -0.4 is 11.5 Å². The van der Waals surface area contributed by atoms with E-state index in [0.29, 0.717) is 12.2 Å². The third kappa shape index (κ3) is 1.20. The molecule has 74 valence electrons. The van der Waals surface area contributed by atoms with Crippen molar-refractivity contribution in [2.45, 2.75) is 13.5 Å². The van der Waals surface area contributed by atoms with E-state index in [1.54, 1.807) is 6.26 Å². The highest BCUT2D eigenvalue weighted by Crippen LogP contribution is 2.30. The molecule has 0 saturated carbocycles. The van der Waals surface area contributed by atoms with E-state index in [0.717, 1.165) is 22.7 Å². The SMILES string of the molecule is Cc1[nH]c(-c2ccco2)c(N)c1CN. The van der Waals surface area contributed by atoms with Crippen molar-refractivity contribution in [1.29, 1.82) is 0 Å². The van der Waals surface area contributed by atoms with Crippen LogP contribution in [0.3, 0.4) is 0 Å². The van der Waals surface area contributed by atoms with Gasteiger partial charge in [0.05, 0.1) is 12.0 Å². The summed E-state index contributed by atoms with van der Waals surface area (Å²) in [4.78, 5) is 3.17. The number of nitrogens with one attached hydrogen (secondary N) is 1. The number of nitrogens with two attached hydrogens (primary N) is 2. The van der Waals surface area contributed by atoms with Gasteiger partial charge < -0.3 is 20.9 Å². The van der Waals surface area contributed by atoms with Crippen LogP contribution in [0.15, 0.2) is 22.8 Å². The largest absolute Gasteiger partial charge is 0.463 e. The summed E-state index contributed by atoms with van der Waals surface area (Å²) in [6.45, 7) is 2.39. The minimum atomic E-state index is 0.439. The smallest absolute Gasteiger partial charge is 0.152 e. The molecule has 2 aromatic heterocycles. The summed E-state index contributed by atoms with van der Waals surface area (Å²) in [6, 6.07) is 3.69. The lowest BCUT2D eigenvalue weighted by Crippen LogP contribution is -2.00. The van der Waals surface area contributed by atoms with Gasteiger partial charge in [-0.05, 0) is 19.1 Å². The molecular formula is C10H13N3O. The lowest BCUT2D eigenvalue weighted by atomic mass is 10.2. The average Bonchev–Trinajstić information content (AvgIpc) is 2.74. The standard InChI is InChI=1S/C10H13N3O/c1-6-7(5-11)9(12)10(13-6)8-3-2-4-14-8/h2-4,13H,5,11-12H2,1H3. The van der Waals surface area contributed by atoms with Crippen LogP contribution in [0.5, 0.6) is 0 Å². The van der Waals surface area contributed by atoms with Crippen LogP contribution in [-0.4, -0.2) is 4.98 Å². The van der Waals surface area contributed by atoms with Crippen molar-refractivity contribution in [3.63, 3.8) is 0 Å². The lowest BCUT2D eigenvalue weighted by Gasteiger charge is -1.96. The number of anilines is 1. The quantitative estimate of drug-likeness (QED) is 0.674. The van der Waals surface area contributed by atoms with Crippen molar-refractivity contribution in [2.24, 2.45) is 5.73 Å². The monoisotopic (exact) mass is 191 g/mol. The van der Waals surface area contributed by atoms with Crippen LogP contribution in [0.25, 0.3) is 11.5 Å². The first-order valence-corrected chi connectivity index (χ1v) is 4.45. The molecule has 0 radical (unpaired) electrons. The highest BCUT2D eigenvalue weighted by Gasteiger charge is 2.13. The fourth-order valence-electron chi connectivity index (χ4n) is 1.56. The summed E-state index contributed by atoms with van der Waals surface area (Å²) < 4.78 is 5.26. The molecule has 0 aliphatic carbocycles. The van der Waals surface area contributed by atoms with Crippen LogP contribution in [0, 0.1) is 6.92 Å². The maximum atomic E-state index is 5.93. The number of furan rings is 1. The molecule has 0 bridgehead atoms. The normalized spacial score (nSPS) is 10.7.